The lowest BCUT2D eigenvalue weighted by Crippen LogP contribution is -2.18. The predicted molar refractivity (Wildman–Crippen MR) is 120 cm³/mol. The molecule has 2 aromatic carbocycles. The SMILES string of the molecule is CCn1c(CC(=O)Nc2ccccc2C)nnc1SCC(=O)Nc1cccc(Cl)c1. The number of hydrogen-bond donors (Lipinski definition) is 2. The molecule has 7 nitrogen and oxygen atoms in total. The highest BCUT2D eigenvalue weighted by Gasteiger charge is 2.16. The van der Waals surface area contributed by atoms with Crippen LogP contribution in [0.5, 0.6) is 0 Å². The third-order valence-electron chi connectivity index (χ3n) is 4.29. The van der Waals surface area contributed by atoms with Crippen molar-refractivity contribution in [3.8, 4) is 0 Å². The molecule has 0 saturated heterocycles. The van der Waals surface area contributed by atoms with Gasteiger partial charge in [-0.15, -0.1) is 10.2 Å². The number of halogens is 1. The minimum Gasteiger partial charge on any atom is -0.325 e. The van der Waals surface area contributed by atoms with E-state index < -0.39 is 0 Å². The number of benzene rings is 2. The van der Waals surface area contributed by atoms with E-state index in [2.05, 4.69) is 20.8 Å². The van der Waals surface area contributed by atoms with E-state index in [0.717, 1.165) is 11.3 Å². The van der Waals surface area contributed by atoms with Crippen LogP contribution in [0.3, 0.4) is 0 Å². The highest BCUT2D eigenvalue weighted by molar-refractivity contribution is 7.99. The Hall–Kier alpha value is -2.84. The van der Waals surface area contributed by atoms with Gasteiger partial charge in [-0.25, -0.2) is 0 Å². The molecule has 3 aromatic rings. The van der Waals surface area contributed by atoms with Gasteiger partial charge in [0.25, 0.3) is 0 Å². The molecule has 156 valence electrons. The van der Waals surface area contributed by atoms with Gasteiger partial charge >= 0.3 is 0 Å². The molecule has 0 aliphatic rings. The first-order valence-electron chi connectivity index (χ1n) is 9.42. The Kier molecular flexibility index (Phi) is 7.48. The molecule has 0 bridgehead atoms. The van der Waals surface area contributed by atoms with Crippen LogP contribution in [0.4, 0.5) is 11.4 Å². The van der Waals surface area contributed by atoms with Gasteiger partial charge in [0, 0.05) is 22.9 Å². The Labute approximate surface area is 184 Å². The number of nitrogens with zero attached hydrogens (tertiary/aromatic N) is 3. The number of carbonyl (C=O) groups is 2. The smallest absolute Gasteiger partial charge is 0.234 e. The summed E-state index contributed by atoms with van der Waals surface area (Å²) in [5.41, 5.74) is 2.40. The van der Waals surface area contributed by atoms with Gasteiger partial charge in [0.05, 0.1) is 12.2 Å². The van der Waals surface area contributed by atoms with Crippen molar-refractivity contribution in [2.75, 3.05) is 16.4 Å². The first kappa shape index (κ1) is 21.9. The number of hydrogen-bond acceptors (Lipinski definition) is 5. The number of aromatic nitrogens is 3. The third kappa shape index (κ3) is 5.84. The van der Waals surface area contributed by atoms with Crippen molar-refractivity contribution in [1.29, 1.82) is 0 Å². The molecule has 30 heavy (non-hydrogen) atoms. The van der Waals surface area contributed by atoms with Crippen LogP contribution in [0.2, 0.25) is 5.02 Å². The van der Waals surface area contributed by atoms with E-state index in [0.29, 0.717) is 28.2 Å². The maximum atomic E-state index is 12.4. The quantitative estimate of drug-likeness (QED) is 0.510. The zero-order valence-electron chi connectivity index (χ0n) is 16.7. The first-order chi connectivity index (χ1) is 14.5. The fraction of sp³-hybridized carbons (Fsp3) is 0.238. The normalized spacial score (nSPS) is 10.6. The zero-order valence-corrected chi connectivity index (χ0v) is 18.3. The number of nitrogens with one attached hydrogen (secondary N) is 2. The highest BCUT2D eigenvalue weighted by Crippen LogP contribution is 2.20. The largest absolute Gasteiger partial charge is 0.325 e. The number of para-hydroxylation sites is 1. The van der Waals surface area contributed by atoms with Crippen LogP contribution in [-0.4, -0.2) is 32.3 Å². The molecule has 0 fully saturated rings. The molecule has 0 radical (unpaired) electrons. The van der Waals surface area contributed by atoms with Crippen molar-refractivity contribution in [2.45, 2.75) is 32.0 Å². The van der Waals surface area contributed by atoms with Gasteiger partial charge < -0.3 is 15.2 Å². The summed E-state index contributed by atoms with van der Waals surface area (Å²) in [4.78, 5) is 24.7. The lowest BCUT2D eigenvalue weighted by molar-refractivity contribution is -0.116. The molecule has 0 saturated carbocycles. The Morgan fingerprint density at radius 1 is 1.07 bits per heavy atom. The van der Waals surface area contributed by atoms with E-state index in [1.54, 1.807) is 24.3 Å². The summed E-state index contributed by atoms with van der Waals surface area (Å²) < 4.78 is 1.84. The highest BCUT2D eigenvalue weighted by atomic mass is 35.5. The summed E-state index contributed by atoms with van der Waals surface area (Å²) in [6.07, 6.45) is 0.102. The zero-order chi connectivity index (χ0) is 21.5. The Balaban J connectivity index is 1.59. The van der Waals surface area contributed by atoms with Crippen molar-refractivity contribution in [3.63, 3.8) is 0 Å². The van der Waals surface area contributed by atoms with Gasteiger partial charge in [-0.05, 0) is 43.7 Å². The molecule has 9 heteroatoms. The van der Waals surface area contributed by atoms with E-state index in [1.165, 1.54) is 11.8 Å². The number of aryl methyl sites for hydroxylation is 1. The lowest BCUT2D eigenvalue weighted by Gasteiger charge is -2.09. The van der Waals surface area contributed by atoms with Crippen molar-refractivity contribution >= 4 is 46.6 Å². The number of thioether (sulfide) groups is 1. The molecule has 2 amide bonds. The molecule has 0 spiro atoms. The van der Waals surface area contributed by atoms with Gasteiger partial charge in [0.2, 0.25) is 11.8 Å². The molecule has 0 aliphatic heterocycles. The fourth-order valence-electron chi connectivity index (χ4n) is 2.82. The predicted octanol–water partition coefficient (Wildman–Crippen LogP) is 4.17. The van der Waals surface area contributed by atoms with Crippen LogP contribution in [0.25, 0.3) is 0 Å². The summed E-state index contributed by atoms with van der Waals surface area (Å²) in [6.45, 7) is 4.48. The van der Waals surface area contributed by atoms with E-state index in [9.17, 15) is 9.59 Å². The van der Waals surface area contributed by atoms with Crippen LogP contribution < -0.4 is 10.6 Å². The van der Waals surface area contributed by atoms with Crippen LogP contribution in [-0.2, 0) is 22.6 Å². The lowest BCUT2D eigenvalue weighted by atomic mass is 10.2. The van der Waals surface area contributed by atoms with Crippen molar-refractivity contribution in [2.24, 2.45) is 0 Å². The summed E-state index contributed by atoms with van der Waals surface area (Å²) >= 11 is 7.20. The number of rotatable bonds is 8. The molecular formula is C21H22ClN5O2S. The molecule has 2 N–H and O–H groups in total. The van der Waals surface area contributed by atoms with Crippen molar-refractivity contribution < 1.29 is 9.59 Å². The Morgan fingerprint density at radius 3 is 2.60 bits per heavy atom. The van der Waals surface area contributed by atoms with Crippen LogP contribution >= 0.6 is 23.4 Å². The number of amides is 2. The summed E-state index contributed by atoms with van der Waals surface area (Å²) in [7, 11) is 0. The molecule has 0 unspecified atom stereocenters. The van der Waals surface area contributed by atoms with E-state index >= 15 is 0 Å². The van der Waals surface area contributed by atoms with Gasteiger partial charge in [0.1, 0.15) is 5.82 Å². The molecule has 1 heterocycles. The monoisotopic (exact) mass is 443 g/mol. The van der Waals surface area contributed by atoms with Crippen molar-refractivity contribution in [1.82, 2.24) is 14.8 Å². The minimum atomic E-state index is -0.174. The maximum absolute atomic E-state index is 12.4. The van der Waals surface area contributed by atoms with Gasteiger partial charge in [-0.1, -0.05) is 47.6 Å². The topological polar surface area (TPSA) is 88.9 Å². The van der Waals surface area contributed by atoms with Crippen molar-refractivity contribution in [3.05, 3.63) is 64.9 Å². The fourth-order valence-corrected chi connectivity index (χ4v) is 3.83. The van der Waals surface area contributed by atoms with Gasteiger partial charge in [0.15, 0.2) is 5.16 Å². The molecule has 0 atom stereocenters. The molecule has 1 aromatic heterocycles. The second-order valence-corrected chi connectivity index (χ2v) is 7.91. The average Bonchev–Trinajstić information content (AvgIpc) is 3.09. The van der Waals surface area contributed by atoms with Crippen LogP contribution in [0, 0.1) is 6.92 Å². The summed E-state index contributed by atoms with van der Waals surface area (Å²) in [5, 5.41) is 15.1. The van der Waals surface area contributed by atoms with E-state index in [-0.39, 0.29) is 24.0 Å². The number of carbonyl (C=O) groups excluding carboxylic acids is 2. The van der Waals surface area contributed by atoms with E-state index in [1.807, 2.05) is 42.7 Å². The minimum absolute atomic E-state index is 0.102. The molecule has 3 rings (SSSR count). The Morgan fingerprint density at radius 2 is 1.87 bits per heavy atom. The maximum Gasteiger partial charge on any atom is 0.234 e. The third-order valence-corrected chi connectivity index (χ3v) is 5.49. The Bertz CT molecular complexity index is 1050. The second-order valence-electron chi connectivity index (χ2n) is 6.53. The first-order valence-corrected chi connectivity index (χ1v) is 10.8. The standard InChI is InChI=1S/C21H22ClN5O2S/c1-3-27-18(12-19(28)24-17-10-5-4-7-14(17)2)25-26-21(27)30-13-20(29)23-16-9-6-8-15(22)11-16/h4-11H,3,12-13H2,1-2H3,(H,23,29)(H,24,28). The molecular weight excluding hydrogens is 422 g/mol. The van der Waals surface area contributed by atoms with E-state index in [4.69, 9.17) is 11.6 Å². The average molecular weight is 444 g/mol. The summed E-state index contributed by atoms with van der Waals surface area (Å²) in [6, 6.07) is 14.6. The molecule has 0 aliphatic carbocycles. The second kappa shape index (κ2) is 10.3. The number of anilines is 2. The van der Waals surface area contributed by atoms with Crippen LogP contribution in [0.15, 0.2) is 53.7 Å². The van der Waals surface area contributed by atoms with Gasteiger partial charge in [-0.2, -0.15) is 0 Å². The summed E-state index contributed by atoms with van der Waals surface area (Å²) in [5.74, 6) is 0.384. The van der Waals surface area contributed by atoms with Gasteiger partial charge in [-0.3, -0.25) is 9.59 Å². The van der Waals surface area contributed by atoms with Crippen LogP contribution in [0.1, 0.15) is 18.3 Å².